The van der Waals surface area contributed by atoms with Crippen LogP contribution in [0, 0.1) is 5.82 Å². The van der Waals surface area contributed by atoms with Gasteiger partial charge in [-0.05, 0) is 75.2 Å². The van der Waals surface area contributed by atoms with Gasteiger partial charge in [0, 0.05) is 55.9 Å². The number of carbonyl (C=O) groups excluding carboxylic acids is 4. The Morgan fingerprint density at radius 1 is 0.833 bits per heavy atom. The first-order valence-corrected chi connectivity index (χ1v) is 17.8. The van der Waals surface area contributed by atoms with Gasteiger partial charge in [0.1, 0.15) is 18.4 Å². The summed E-state index contributed by atoms with van der Waals surface area (Å²) in [7, 11) is 2.01. The van der Waals surface area contributed by atoms with Crippen molar-refractivity contribution in [2.24, 2.45) is 0 Å². The van der Waals surface area contributed by atoms with Crippen LogP contribution in [-0.4, -0.2) is 132 Å². The second-order valence-electron chi connectivity index (χ2n) is 14.0. The molecule has 0 radical (unpaired) electrons. The fourth-order valence-electron chi connectivity index (χ4n) is 8.29. The van der Waals surface area contributed by atoms with E-state index in [0.29, 0.717) is 36.9 Å². The number of piperazine rings is 2. The van der Waals surface area contributed by atoms with E-state index in [1.165, 1.54) is 30.2 Å². The minimum atomic E-state index is -0.942. The molecule has 256 valence electrons. The molecule has 1 saturated carbocycles. The maximum Gasteiger partial charge on any atom is 0.256 e. The van der Waals surface area contributed by atoms with E-state index in [1.54, 1.807) is 45.0 Å². The number of likely N-dealkylation sites (tertiary alicyclic amines) is 1. The number of rotatable bonds is 5. The van der Waals surface area contributed by atoms with E-state index in [-0.39, 0.29) is 65.5 Å². The number of amides is 4. The van der Waals surface area contributed by atoms with Crippen molar-refractivity contribution in [3.63, 3.8) is 0 Å². The highest BCUT2D eigenvalue weighted by Crippen LogP contribution is 2.36. The molecule has 4 fully saturated rings. The molecule has 0 aromatic heterocycles. The molecule has 4 heterocycles. The number of likely N-dealkylation sites (N-methyl/N-ethyl adjacent to an activating group) is 1. The summed E-state index contributed by atoms with van der Waals surface area (Å²) >= 11 is 6.01. The van der Waals surface area contributed by atoms with Gasteiger partial charge in [-0.25, -0.2) is 4.39 Å². The van der Waals surface area contributed by atoms with Gasteiger partial charge in [0.25, 0.3) is 11.8 Å². The molecule has 4 amide bonds. The molecule has 2 aromatic carbocycles. The highest BCUT2D eigenvalue weighted by Gasteiger charge is 2.46. The van der Waals surface area contributed by atoms with Gasteiger partial charge in [0.2, 0.25) is 11.8 Å². The summed E-state index contributed by atoms with van der Waals surface area (Å²) in [5.41, 5.74) is 1.28. The molecular formula is C36H44ClFN6O4. The molecule has 12 heteroatoms. The topological polar surface area (TPSA) is 87.7 Å². The van der Waals surface area contributed by atoms with Crippen LogP contribution >= 0.6 is 11.6 Å². The molecule has 1 aliphatic carbocycles. The number of nitrogens with zero attached hydrogens (tertiary/aromatic N) is 6. The molecule has 3 saturated heterocycles. The number of benzene rings is 2. The molecule has 2 aromatic rings. The van der Waals surface area contributed by atoms with Gasteiger partial charge in [-0.2, -0.15) is 0 Å². The average Bonchev–Trinajstić information content (AvgIpc) is 3.58. The number of halogens is 2. The molecule has 48 heavy (non-hydrogen) atoms. The van der Waals surface area contributed by atoms with Gasteiger partial charge in [0.15, 0.2) is 0 Å². The van der Waals surface area contributed by atoms with Crippen molar-refractivity contribution in [3.8, 4) is 11.1 Å². The summed E-state index contributed by atoms with van der Waals surface area (Å²) in [5, 5.41) is 0.260. The zero-order valence-corrected chi connectivity index (χ0v) is 28.3. The summed E-state index contributed by atoms with van der Waals surface area (Å²) in [4.78, 5) is 67.7. The molecule has 0 unspecified atom stereocenters. The summed E-state index contributed by atoms with van der Waals surface area (Å²) in [6, 6.07) is 8.54. The Hall–Kier alpha value is -3.54. The number of fused-ring (bicyclic) bond motifs is 2. The van der Waals surface area contributed by atoms with E-state index in [0.717, 1.165) is 45.3 Å². The predicted octanol–water partition coefficient (Wildman–Crippen LogP) is 3.72. The number of carbonyl (C=O) groups is 4. The summed E-state index contributed by atoms with van der Waals surface area (Å²) < 4.78 is 15.0. The van der Waals surface area contributed by atoms with Gasteiger partial charge in [0.05, 0.1) is 23.8 Å². The second-order valence-corrected chi connectivity index (χ2v) is 14.4. The van der Waals surface area contributed by atoms with Crippen LogP contribution < -0.4 is 4.90 Å². The van der Waals surface area contributed by atoms with E-state index in [4.69, 9.17) is 11.6 Å². The van der Waals surface area contributed by atoms with Crippen LogP contribution in [0.2, 0.25) is 5.02 Å². The first-order chi connectivity index (χ1) is 23.2. The minimum absolute atomic E-state index is 0.0281. The Kier molecular flexibility index (Phi) is 9.45. The Bertz CT molecular complexity index is 1590. The molecular weight excluding hydrogens is 635 g/mol. The van der Waals surface area contributed by atoms with Crippen LogP contribution in [0.5, 0.6) is 0 Å². The molecule has 0 spiro atoms. The quantitative estimate of drug-likeness (QED) is 0.480. The predicted molar refractivity (Wildman–Crippen MR) is 181 cm³/mol. The van der Waals surface area contributed by atoms with Crippen LogP contribution in [-0.2, 0) is 14.4 Å². The summed E-state index contributed by atoms with van der Waals surface area (Å²) in [6.07, 6.45) is 7.63. The van der Waals surface area contributed by atoms with Crippen LogP contribution in [0.4, 0.5) is 10.1 Å². The monoisotopic (exact) mass is 678 g/mol. The molecule has 2 atom stereocenters. The summed E-state index contributed by atoms with van der Waals surface area (Å²) in [5.74, 6) is -1.45. The molecule has 0 N–H and O–H groups in total. The Balaban J connectivity index is 1.19. The minimum Gasteiger partial charge on any atom is -0.339 e. The van der Waals surface area contributed by atoms with E-state index in [1.807, 2.05) is 7.05 Å². The maximum absolute atomic E-state index is 15.0. The van der Waals surface area contributed by atoms with Crippen molar-refractivity contribution in [1.29, 1.82) is 0 Å². The lowest BCUT2D eigenvalue weighted by atomic mass is 9.93. The van der Waals surface area contributed by atoms with Gasteiger partial charge in [-0.1, -0.05) is 36.9 Å². The zero-order chi connectivity index (χ0) is 33.5. The standard InChI is InChI=1S/C36H44ClFN6O4/c1-39-14-16-40(17-15-39)33(45)23-44-30-12-9-24(27-11-10-25(37)21-29(27)38)20-28(30)34(46)43-19-18-41(22-32(43)36(44)48)35(47)31-8-5-13-42(31)26-6-3-2-4-7-26/h9-12,20-21,26,31-32H,2-8,13-19,22-23H2,1H3/t31-,32+/m0/s1. The number of anilines is 1. The second kappa shape index (κ2) is 13.8. The smallest absolute Gasteiger partial charge is 0.256 e. The lowest BCUT2D eigenvalue weighted by molar-refractivity contribution is -0.142. The first kappa shape index (κ1) is 33.0. The summed E-state index contributed by atoms with van der Waals surface area (Å²) in [6.45, 7) is 3.84. The maximum atomic E-state index is 15.0. The van der Waals surface area contributed by atoms with Crippen LogP contribution in [0.1, 0.15) is 55.3 Å². The normalized spacial score (nSPS) is 24.5. The molecule has 10 nitrogen and oxygen atoms in total. The Labute approximate surface area is 286 Å². The number of hydrogen-bond acceptors (Lipinski definition) is 6. The van der Waals surface area contributed by atoms with Crippen molar-refractivity contribution in [2.45, 2.75) is 63.1 Å². The van der Waals surface area contributed by atoms with Crippen molar-refractivity contribution in [1.82, 2.24) is 24.5 Å². The molecule has 7 rings (SSSR count). The SMILES string of the molecule is CN1CCN(C(=O)CN2C(=O)[C@H]3CN(C(=O)[C@@H]4CCCN4C4CCCCC4)CCN3C(=O)c3cc(-c4ccc(Cl)cc4F)ccc32)CC1. The van der Waals surface area contributed by atoms with Crippen molar-refractivity contribution in [3.05, 3.63) is 52.8 Å². The third-order valence-electron chi connectivity index (χ3n) is 11.0. The van der Waals surface area contributed by atoms with Crippen molar-refractivity contribution >= 4 is 40.9 Å². The highest BCUT2D eigenvalue weighted by atomic mass is 35.5. The van der Waals surface area contributed by atoms with Crippen LogP contribution in [0.15, 0.2) is 36.4 Å². The first-order valence-electron chi connectivity index (χ1n) is 17.4. The average molecular weight is 679 g/mol. The third-order valence-corrected chi connectivity index (χ3v) is 11.3. The fourth-order valence-corrected chi connectivity index (χ4v) is 8.45. The Morgan fingerprint density at radius 3 is 2.33 bits per heavy atom. The lowest BCUT2D eigenvalue weighted by Crippen LogP contribution is -2.63. The van der Waals surface area contributed by atoms with Gasteiger partial charge in [-0.15, -0.1) is 0 Å². The molecule has 4 aliphatic heterocycles. The van der Waals surface area contributed by atoms with E-state index in [9.17, 15) is 19.2 Å². The van der Waals surface area contributed by atoms with Gasteiger partial charge in [-0.3, -0.25) is 24.1 Å². The Morgan fingerprint density at radius 2 is 1.58 bits per heavy atom. The van der Waals surface area contributed by atoms with E-state index < -0.39 is 11.9 Å². The molecule has 0 bridgehead atoms. The van der Waals surface area contributed by atoms with Gasteiger partial charge >= 0.3 is 0 Å². The third kappa shape index (κ3) is 6.32. The van der Waals surface area contributed by atoms with Crippen molar-refractivity contribution in [2.75, 3.05) is 70.9 Å². The van der Waals surface area contributed by atoms with Gasteiger partial charge < -0.3 is 24.5 Å². The van der Waals surface area contributed by atoms with Crippen LogP contribution in [0.25, 0.3) is 11.1 Å². The highest BCUT2D eigenvalue weighted by molar-refractivity contribution is 6.30. The van der Waals surface area contributed by atoms with Crippen LogP contribution in [0.3, 0.4) is 0 Å². The zero-order valence-electron chi connectivity index (χ0n) is 27.6. The van der Waals surface area contributed by atoms with Crippen molar-refractivity contribution < 1.29 is 23.6 Å². The number of hydrogen-bond donors (Lipinski definition) is 0. The van der Waals surface area contributed by atoms with E-state index >= 15 is 4.39 Å². The largest absolute Gasteiger partial charge is 0.339 e. The fraction of sp³-hybridized carbons (Fsp3) is 0.556. The molecule has 5 aliphatic rings. The van der Waals surface area contributed by atoms with E-state index in [2.05, 4.69) is 9.80 Å². The lowest BCUT2D eigenvalue weighted by Gasteiger charge is -2.43.